The molecule has 0 aromatic carbocycles. The van der Waals surface area contributed by atoms with Crippen LogP contribution in [0.2, 0.25) is 5.02 Å². The van der Waals surface area contributed by atoms with Crippen molar-refractivity contribution < 1.29 is 4.79 Å². The lowest BCUT2D eigenvalue weighted by atomic mass is 9.96. The van der Waals surface area contributed by atoms with Gasteiger partial charge in [0, 0.05) is 25.8 Å². The number of rotatable bonds is 4. The molecule has 19 heavy (non-hydrogen) atoms. The average Bonchev–Trinajstić information content (AvgIpc) is 2.80. The summed E-state index contributed by atoms with van der Waals surface area (Å²) in [6.45, 7) is 5.52. The number of halogens is 1. The standard InChI is InChI=1S/C14H22ClN3O/c1-3-17-10-12(15)8-13(17)14(19)18-6-4-11(5-7-18)9-16-2/h8,10-11,16H,3-7,9H2,1-2H3. The van der Waals surface area contributed by atoms with Crippen molar-refractivity contribution in [1.29, 1.82) is 0 Å². The molecule has 2 rings (SSSR count). The molecule has 2 heterocycles. The lowest BCUT2D eigenvalue weighted by Crippen LogP contribution is -2.41. The second kappa shape index (κ2) is 6.44. The van der Waals surface area contributed by atoms with Gasteiger partial charge in [0.2, 0.25) is 0 Å². The van der Waals surface area contributed by atoms with Gasteiger partial charge in [-0.1, -0.05) is 11.6 Å². The van der Waals surface area contributed by atoms with Gasteiger partial charge in [0.15, 0.2) is 0 Å². The first kappa shape index (κ1) is 14.4. The van der Waals surface area contributed by atoms with Gasteiger partial charge in [-0.3, -0.25) is 4.79 Å². The van der Waals surface area contributed by atoms with E-state index in [1.165, 1.54) is 0 Å². The van der Waals surface area contributed by atoms with Crippen molar-refractivity contribution in [3.05, 3.63) is 23.0 Å². The van der Waals surface area contributed by atoms with E-state index >= 15 is 0 Å². The molecule has 0 saturated carbocycles. The van der Waals surface area contributed by atoms with E-state index in [9.17, 15) is 4.79 Å². The fourth-order valence-electron chi connectivity index (χ4n) is 2.71. The van der Waals surface area contributed by atoms with Crippen LogP contribution in [0.15, 0.2) is 12.3 Å². The van der Waals surface area contributed by atoms with Crippen molar-refractivity contribution in [2.75, 3.05) is 26.7 Å². The Balaban J connectivity index is 2.01. The maximum absolute atomic E-state index is 12.5. The van der Waals surface area contributed by atoms with Crippen LogP contribution < -0.4 is 5.32 Å². The Labute approximate surface area is 119 Å². The molecule has 4 nitrogen and oxygen atoms in total. The van der Waals surface area contributed by atoms with Crippen molar-refractivity contribution in [1.82, 2.24) is 14.8 Å². The van der Waals surface area contributed by atoms with Crippen LogP contribution in [0.4, 0.5) is 0 Å². The molecule has 5 heteroatoms. The highest BCUT2D eigenvalue weighted by molar-refractivity contribution is 6.31. The summed E-state index contributed by atoms with van der Waals surface area (Å²) >= 11 is 5.99. The van der Waals surface area contributed by atoms with E-state index < -0.39 is 0 Å². The number of aromatic nitrogens is 1. The summed E-state index contributed by atoms with van der Waals surface area (Å²) in [5.74, 6) is 0.798. The highest BCUT2D eigenvalue weighted by Crippen LogP contribution is 2.21. The number of piperidine rings is 1. The first-order valence-electron chi connectivity index (χ1n) is 6.95. The van der Waals surface area contributed by atoms with Crippen LogP contribution in [-0.2, 0) is 6.54 Å². The Bertz CT molecular complexity index is 436. The van der Waals surface area contributed by atoms with Gasteiger partial charge in [-0.25, -0.2) is 0 Å². The summed E-state index contributed by atoms with van der Waals surface area (Å²) in [6, 6.07) is 1.77. The third-order valence-electron chi connectivity index (χ3n) is 3.82. The first-order valence-corrected chi connectivity index (χ1v) is 7.33. The van der Waals surface area contributed by atoms with Crippen LogP contribution in [0.25, 0.3) is 0 Å². The maximum Gasteiger partial charge on any atom is 0.270 e. The van der Waals surface area contributed by atoms with Crippen molar-refractivity contribution in [3.63, 3.8) is 0 Å². The fourth-order valence-corrected chi connectivity index (χ4v) is 2.93. The van der Waals surface area contributed by atoms with Crippen LogP contribution in [0, 0.1) is 5.92 Å². The van der Waals surface area contributed by atoms with Crippen LogP contribution >= 0.6 is 11.6 Å². The predicted octanol–water partition coefficient (Wildman–Crippen LogP) is 2.23. The van der Waals surface area contributed by atoms with Gasteiger partial charge in [0.05, 0.1) is 5.02 Å². The maximum atomic E-state index is 12.5. The van der Waals surface area contributed by atoms with Crippen molar-refractivity contribution in [2.45, 2.75) is 26.3 Å². The third-order valence-corrected chi connectivity index (χ3v) is 4.02. The van der Waals surface area contributed by atoms with E-state index in [0.29, 0.717) is 16.6 Å². The minimum atomic E-state index is 0.108. The Morgan fingerprint density at radius 3 is 2.74 bits per heavy atom. The van der Waals surface area contributed by atoms with Gasteiger partial charge in [0.1, 0.15) is 5.69 Å². The number of hydrogen-bond donors (Lipinski definition) is 1. The zero-order chi connectivity index (χ0) is 13.8. The quantitative estimate of drug-likeness (QED) is 0.920. The summed E-state index contributed by atoms with van der Waals surface area (Å²) in [4.78, 5) is 14.4. The van der Waals surface area contributed by atoms with Crippen molar-refractivity contribution in [2.24, 2.45) is 5.92 Å². The van der Waals surface area contributed by atoms with E-state index in [0.717, 1.165) is 39.0 Å². The van der Waals surface area contributed by atoms with E-state index in [-0.39, 0.29) is 5.91 Å². The molecule has 0 atom stereocenters. The predicted molar refractivity (Wildman–Crippen MR) is 77.7 cm³/mol. The smallest absolute Gasteiger partial charge is 0.270 e. The molecule has 0 bridgehead atoms. The van der Waals surface area contributed by atoms with E-state index in [4.69, 9.17) is 11.6 Å². The average molecular weight is 284 g/mol. The number of carbonyl (C=O) groups excluding carboxylic acids is 1. The number of carbonyl (C=O) groups is 1. The summed E-state index contributed by atoms with van der Waals surface area (Å²) < 4.78 is 1.92. The Morgan fingerprint density at radius 2 is 2.16 bits per heavy atom. The Hall–Kier alpha value is -1.00. The minimum absolute atomic E-state index is 0.108. The molecule has 1 aliphatic heterocycles. The molecule has 1 N–H and O–H groups in total. The molecule has 1 fully saturated rings. The molecular weight excluding hydrogens is 262 g/mol. The SMILES string of the molecule is CCn1cc(Cl)cc1C(=O)N1CCC(CNC)CC1. The largest absolute Gasteiger partial charge is 0.342 e. The van der Waals surface area contributed by atoms with Crippen molar-refractivity contribution >= 4 is 17.5 Å². The summed E-state index contributed by atoms with van der Waals surface area (Å²) in [7, 11) is 1.98. The lowest BCUT2D eigenvalue weighted by Gasteiger charge is -2.32. The molecule has 106 valence electrons. The van der Waals surface area contributed by atoms with Gasteiger partial charge < -0.3 is 14.8 Å². The molecule has 1 amide bonds. The number of nitrogens with one attached hydrogen (secondary N) is 1. The second-order valence-electron chi connectivity index (χ2n) is 5.12. The van der Waals surface area contributed by atoms with Crippen LogP contribution in [0.3, 0.4) is 0 Å². The van der Waals surface area contributed by atoms with E-state index in [2.05, 4.69) is 5.32 Å². The van der Waals surface area contributed by atoms with Crippen molar-refractivity contribution in [3.8, 4) is 0 Å². The molecule has 1 aromatic heterocycles. The highest BCUT2D eigenvalue weighted by Gasteiger charge is 2.25. The topological polar surface area (TPSA) is 37.3 Å². The van der Waals surface area contributed by atoms with Gasteiger partial charge >= 0.3 is 0 Å². The minimum Gasteiger partial charge on any atom is -0.342 e. The molecule has 0 spiro atoms. The molecule has 0 aliphatic carbocycles. The van der Waals surface area contributed by atoms with Crippen LogP contribution in [0.1, 0.15) is 30.3 Å². The third kappa shape index (κ3) is 3.31. The van der Waals surface area contributed by atoms with Gasteiger partial charge in [-0.15, -0.1) is 0 Å². The summed E-state index contributed by atoms with van der Waals surface area (Å²) in [6.07, 6.45) is 3.98. The van der Waals surface area contributed by atoms with Crippen LogP contribution in [0.5, 0.6) is 0 Å². The Morgan fingerprint density at radius 1 is 1.47 bits per heavy atom. The van der Waals surface area contributed by atoms with E-state index in [1.54, 1.807) is 6.07 Å². The number of nitrogens with zero attached hydrogens (tertiary/aromatic N) is 2. The van der Waals surface area contributed by atoms with E-state index in [1.807, 2.05) is 29.6 Å². The van der Waals surface area contributed by atoms with Gasteiger partial charge in [-0.2, -0.15) is 0 Å². The molecule has 1 aliphatic rings. The molecular formula is C14H22ClN3O. The Kier molecular flexibility index (Phi) is 4.88. The highest BCUT2D eigenvalue weighted by atomic mass is 35.5. The zero-order valence-corrected chi connectivity index (χ0v) is 12.4. The summed E-state index contributed by atoms with van der Waals surface area (Å²) in [5, 5.41) is 3.84. The van der Waals surface area contributed by atoms with Gasteiger partial charge in [-0.05, 0) is 45.3 Å². The molecule has 0 unspecified atom stereocenters. The van der Waals surface area contributed by atoms with Crippen LogP contribution in [-0.4, -0.2) is 42.1 Å². The molecule has 0 radical (unpaired) electrons. The number of likely N-dealkylation sites (tertiary alicyclic amines) is 1. The first-order chi connectivity index (χ1) is 9.15. The number of aryl methyl sites for hydroxylation is 1. The number of hydrogen-bond acceptors (Lipinski definition) is 2. The molecule has 1 saturated heterocycles. The normalized spacial score (nSPS) is 16.9. The second-order valence-corrected chi connectivity index (χ2v) is 5.56. The summed E-state index contributed by atoms with van der Waals surface area (Å²) in [5.41, 5.74) is 0.708. The number of amides is 1. The lowest BCUT2D eigenvalue weighted by molar-refractivity contribution is 0.0680. The fraction of sp³-hybridized carbons (Fsp3) is 0.643. The monoisotopic (exact) mass is 283 g/mol. The molecule has 1 aromatic rings. The zero-order valence-electron chi connectivity index (χ0n) is 11.7. The van der Waals surface area contributed by atoms with Gasteiger partial charge in [0.25, 0.3) is 5.91 Å².